The van der Waals surface area contributed by atoms with E-state index in [9.17, 15) is 8.42 Å². The van der Waals surface area contributed by atoms with Crippen LogP contribution < -0.4 is 0 Å². The zero-order valence-corrected chi connectivity index (χ0v) is 19.8. The molecule has 0 bridgehead atoms. The van der Waals surface area contributed by atoms with Gasteiger partial charge in [-0.1, -0.05) is 32.0 Å². The van der Waals surface area contributed by atoms with E-state index in [0.717, 1.165) is 22.0 Å². The zero-order valence-electron chi connectivity index (χ0n) is 16.8. The van der Waals surface area contributed by atoms with Gasteiger partial charge in [-0.2, -0.15) is 0 Å². The summed E-state index contributed by atoms with van der Waals surface area (Å²) in [4.78, 5) is 3.04. The van der Waals surface area contributed by atoms with E-state index in [2.05, 4.69) is 53.5 Å². The minimum absolute atomic E-state index is 0.0715. The number of fused-ring (bicyclic) bond motifs is 1. The molecule has 0 heterocycles. The summed E-state index contributed by atoms with van der Waals surface area (Å²) in [5.41, 5.74) is 3.62. The summed E-state index contributed by atoms with van der Waals surface area (Å²) in [5.74, 6) is 0.0715. The maximum Gasteiger partial charge on any atom is 0.182 e. The second-order valence-corrected chi connectivity index (χ2v) is 11.0. The number of hydrogen-bond donors (Lipinski definition) is 0. The lowest BCUT2D eigenvalue weighted by Gasteiger charge is -2.35. The van der Waals surface area contributed by atoms with Crippen molar-refractivity contribution >= 4 is 32.4 Å². The minimum atomic E-state index is -3.31. The highest BCUT2D eigenvalue weighted by molar-refractivity contribution is 14.1. The van der Waals surface area contributed by atoms with E-state index >= 15 is 0 Å². The van der Waals surface area contributed by atoms with Gasteiger partial charge in [-0.15, -0.1) is 0 Å². The lowest BCUT2D eigenvalue weighted by Crippen LogP contribution is -2.40. The molecule has 1 aliphatic carbocycles. The van der Waals surface area contributed by atoms with E-state index in [1.54, 1.807) is 12.1 Å². The first-order valence-electron chi connectivity index (χ1n) is 10.3. The van der Waals surface area contributed by atoms with Gasteiger partial charge < -0.3 is 4.90 Å². The van der Waals surface area contributed by atoms with Crippen LogP contribution in [0.25, 0.3) is 0 Å². The molecule has 0 saturated heterocycles. The standard InChI is InChI=1S/C23H30INO2S/c1-3-13-25(14-4-2)22-10-7-19-15-18(5-6-20(19)16-22)17-28(26,27)23-11-8-21(24)9-12-23/h5-6,8-9,11-12,15,22H,3-4,7,10,13-14,16-17H2,1-2H3/t22-/m1/s1. The number of aryl methyl sites for hydroxylation is 1. The van der Waals surface area contributed by atoms with Crippen LogP contribution >= 0.6 is 22.6 Å². The average Bonchev–Trinajstić information content (AvgIpc) is 2.67. The molecular formula is C23H30INO2S. The molecule has 0 radical (unpaired) electrons. The van der Waals surface area contributed by atoms with Crippen LogP contribution in [0.2, 0.25) is 0 Å². The lowest BCUT2D eigenvalue weighted by molar-refractivity contribution is 0.180. The maximum atomic E-state index is 12.8. The van der Waals surface area contributed by atoms with Gasteiger partial charge in [0.1, 0.15) is 0 Å². The molecule has 2 aromatic carbocycles. The van der Waals surface area contributed by atoms with Crippen molar-refractivity contribution in [1.29, 1.82) is 0 Å². The van der Waals surface area contributed by atoms with Gasteiger partial charge >= 0.3 is 0 Å². The number of benzene rings is 2. The first-order valence-corrected chi connectivity index (χ1v) is 13.0. The molecule has 0 saturated carbocycles. The number of nitrogens with zero attached hydrogens (tertiary/aromatic N) is 1. The SMILES string of the molecule is CCCN(CCC)[C@@H]1CCc2cc(CS(=O)(=O)c3ccc(I)cc3)ccc2C1. The van der Waals surface area contributed by atoms with Crippen molar-refractivity contribution in [2.45, 2.75) is 62.6 Å². The minimum Gasteiger partial charge on any atom is -0.300 e. The molecule has 0 spiro atoms. The Balaban J connectivity index is 1.73. The lowest BCUT2D eigenvalue weighted by atomic mass is 9.86. The van der Waals surface area contributed by atoms with Crippen molar-refractivity contribution in [2.24, 2.45) is 0 Å². The van der Waals surface area contributed by atoms with Crippen molar-refractivity contribution in [3.63, 3.8) is 0 Å². The molecule has 0 amide bonds. The van der Waals surface area contributed by atoms with E-state index in [0.29, 0.717) is 10.9 Å². The van der Waals surface area contributed by atoms with Gasteiger partial charge in [0.15, 0.2) is 9.84 Å². The monoisotopic (exact) mass is 511 g/mol. The molecule has 3 rings (SSSR count). The largest absolute Gasteiger partial charge is 0.300 e. The van der Waals surface area contributed by atoms with Gasteiger partial charge in [0.2, 0.25) is 0 Å². The van der Waals surface area contributed by atoms with Crippen molar-refractivity contribution in [3.8, 4) is 0 Å². The first-order chi connectivity index (χ1) is 13.4. The third-order valence-electron chi connectivity index (χ3n) is 5.54. The molecule has 0 N–H and O–H groups in total. The molecule has 5 heteroatoms. The van der Waals surface area contributed by atoms with E-state index < -0.39 is 9.84 Å². The van der Waals surface area contributed by atoms with Crippen LogP contribution in [-0.2, 0) is 28.4 Å². The predicted molar refractivity (Wildman–Crippen MR) is 124 cm³/mol. The van der Waals surface area contributed by atoms with Gasteiger partial charge in [0.05, 0.1) is 10.6 Å². The second-order valence-electron chi connectivity index (χ2n) is 7.75. The molecule has 0 unspecified atom stereocenters. The summed E-state index contributed by atoms with van der Waals surface area (Å²) in [5, 5.41) is 0. The van der Waals surface area contributed by atoms with Crippen LogP contribution in [0.1, 0.15) is 49.8 Å². The molecule has 1 atom stereocenters. The Kier molecular flexibility index (Phi) is 7.56. The molecule has 1 aliphatic rings. The van der Waals surface area contributed by atoms with Crippen LogP contribution in [0.5, 0.6) is 0 Å². The van der Waals surface area contributed by atoms with Gasteiger partial charge in [-0.3, -0.25) is 0 Å². The van der Waals surface area contributed by atoms with E-state index in [4.69, 9.17) is 0 Å². The molecule has 2 aromatic rings. The summed E-state index contributed by atoms with van der Waals surface area (Å²) >= 11 is 2.19. The average molecular weight is 511 g/mol. The third kappa shape index (κ3) is 5.36. The van der Waals surface area contributed by atoms with Crippen LogP contribution in [0.15, 0.2) is 47.4 Å². The highest BCUT2D eigenvalue weighted by atomic mass is 127. The number of hydrogen-bond acceptors (Lipinski definition) is 3. The number of rotatable bonds is 8. The van der Waals surface area contributed by atoms with E-state index in [-0.39, 0.29) is 5.75 Å². The Hall–Kier alpha value is -0.920. The molecular weight excluding hydrogens is 481 g/mol. The van der Waals surface area contributed by atoms with Crippen LogP contribution in [0, 0.1) is 3.57 Å². The third-order valence-corrected chi connectivity index (χ3v) is 7.96. The second kappa shape index (κ2) is 9.72. The van der Waals surface area contributed by atoms with E-state index in [1.807, 2.05) is 18.2 Å². The summed E-state index contributed by atoms with van der Waals surface area (Å²) in [6.45, 7) is 6.83. The predicted octanol–water partition coefficient (Wildman–Crippen LogP) is 5.24. The Labute approximate surface area is 183 Å². The Morgan fingerprint density at radius 3 is 2.32 bits per heavy atom. The van der Waals surface area contributed by atoms with E-state index in [1.165, 1.54) is 43.5 Å². The Morgan fingerprint density at radius 1 is 1.00 bits per heavy atom. The Morgan fingerprint density at radius 2 is 1.68 bits per heavy atom. The normalized spacial score (nSPS) is 16.9. The summed E-state index contributed by atoms with van der Waals surface area (Å²) in [6, 6.07) is 14.0. The van der Waals surface area contributed by atoms with Crippen molar-refractivity contribution in [3.05, 3.63) is 62.7 Å². The quantitative estimate of drug-likeness (QED) is 0.455. The van der Waals surface area contributed by atoms with Gasteiger partial charge in [0, 0.05) is 9.61 Å². The molecule has 28 heavy (non-hydrogen) atoms. The van der Waals surface area contributed by atoms with Gasteiger partial charge in [-0.05, 0) is 109 Å². The fraction of sp³-hybridized carbons (Fsp3) is 0.478. The summed E-state index contributed by atoms with van der Waals surface area (Å²) in [6.07, 6.45) is 5.68. The van der Waals surface area contributed by atoms with Crippen molar-refractivity contribution < 1.29 is 8.42 Å². The number of sulfone groups is 1. The fourth-order valence-electron chi connectivity index (χ4n) is 4.19. The van der Waals surface area contributed by atoms with Crippen LogP contribution in [0.3, 0.4) is 0 Å². The first kappa shape index (κ1) is 21.8. The highest BCUT2D eigenvalue weighted by Gasteiger charge is 2.24. The van der Waals surface area contributed by atoms with Crippen LogP contribution in [0.4, 0.5) is 0 Å². The van der Waals surface area contributed by atoms with Gasteiger partial charge in [0.25, 0.3) is 0 Å². The molecule has 0 aromatic heterocycles. The smallest absolute Gasteiger partial charge is 0.182 e. The fourth-order valence-corrected chi connectivity index (χ4v) is 5.88. The molecule has 152 valence electrons. The molecule has 0 fully saturated rings. The molecule has 3 nitrogen and oxygen atoms in total. The van der Waals surface area contributed by atoms with Crippen LogP contribution in [-0.4, -0.2) is 32.4 Å². The zero-order chi connectivity index (χ0) is 20.1. The van der Waals surface area contributed by atoms with Crippen molar-refractivity contribution in [2.75, 3.05) is 13.1 Å². The summed E-state index contributed by atoms with van der Waals surface area (Å²) < 4.78 is 26.6. The highest BCUT2D eigenvalue weighted by Crippen LogP contribution is 2.27. The summed E-state index contributed by atoms with van der Waals surface area (Å²) in [7, 11) is -3.31. The Bertz CT molecular complexity index is 887. The van der Waals surface area contributed by atoms with Gasteiger partial charge in [-0.25, -0.2) is 8.42 Å². The topological polar surface area (TPSA) is 37.4 Å². The number of halogens is 1. The van der Waals surface area contributed by atoms with Crippen molar-refractivity contribution in [1.82, 2.24) is 4.90 Å². The molecule has 0 aliphatic heterocycles. The maximum absolute atomic E-state index is 12.8.